The standard InChI is InChI=1S/C8H13Si.Fe/c1-9(2,3)8-6-4-5-7-8;/h4,6H,5H2,1-3H3;/q-1;. The Morgan fingerprint density at radius 1 is 1.40 bits per heavy atom. The van der Waals surface area contributed by atoms with Crippen LogP contribution in [0, 0.1) is 6.08 Å². The van der Waals surface area contributed by atoms with Crippen LogP contribution in [0.15, 0.2) is 17.3 Å². The molecule has 2 heteroatoms. The van der Waals surface area contributed by atoms with E-state index < -0.39 is 8.07 Å². The molecule has 0 spiro atoms. The molecule has 0 aromatic rings. The van der Waals surface area contributed by atoms with Crippen LogP contribution in [-0.4, -0.2) is 8.07 Å². The fourth-order valence-corrected chi connectivity index (χ4v) is 2.17. The Bertz CT molecular complexity index is 163. The molecule has 0 heterocycles. The van der Waals surface area contributed by atoms with Crippen LogP contribution in [0.5, 0.6) is 0 Å². The number of allylic oxidation sites excluding steroid dienone is 4. The Kier molecular flexibility index (Phi) is 3.64. The van der Waals surface area contributed by atoms with Crippen LogP contribution in [0.3, 0.4) is 0 Å². The summed E-state index contributed by atoms with van der Waals surface area (Å²) in [6.45, 7) is 7.06. The van der Waals surface area contributed by atoms with E-state index in [0.29, 0.717) is 0 Å². The average molecular weight is 193 g/mol. The van der Waals surface area contributed by atoms with Gasteiger partial charge >= 0.3 is 0 Å². The van der Waals surface area contributed by atoms with E-state index in [9.17, 15) is 0 Å². The van der Waals surface area contributed by atoms with Crippen LogP contribution < -0.4 is 0 Å². The van der Waals surface area contributed by atoms with Gasteiger partial charge in [-0.05, 0) is 0 Å². The largest absolute Gasteiger partial charge is 0.274 e. The zero-order valence-corrected chi connectivity index (χ0v) is 8.82. The van der Waals surface area contributed by atoms with E-state index in [4.69, 9.17) is 0 Å². The van der Waals surface area contributed by atoms with Crippen molar-refractivity contribution in [1.82, 2.24) is 0 Å². The quantitative estimate of drug-likeness (QED) is 0.443. The molecule has 0 amide bonds. The van der Waals surface area contributed by atoms with Crippen molar-refractivity contribution < 1.29 is 17.1 Å². The van der Waals surface area contributed by atoms with Crippen molar-refractivity contribution in [2.24, 2.45) is 0 Å². The molecule has 0 radical (unpaired) electrons. The molecule has 0 aromatic carbocycles. The van der Waals surface area contributed by atoms with Gasteiger partial charge in [0.2, 0.25) is 0 Å². The minimum Gasteiger partial charge on any atom is -0.274 e. The Morgan fingerprint density at radius 2 is 2.00 bits per heavy atom. The predicted molar refractivity (Wildman–Crippen MR) is 43.9 cm³/mol. The fourth-order valence-electron chi connectivity index (χ4n) is 0.920. The van der Waals surface area contributed by atoms with Crippen molar-refractivity contribution >= 4 is 8.07 Å². The van der Waals surface area contributed by atoms with Crippen LogP contribution in [0.25, 0.3) is 0 Å². The van der Waals surface area contributed by atoms with Crippen LogP contribution in [0.1, 0.15) is 6.42 Å². The first kappa shape index (κ1) is 10.2. The molecule has 0 fully saturated rings. The predicted octanol–water partition coefficient (Wildman–Crippen LogP) is 2.55. The van der Waals surface area contributed by atoms with Gasteiger partial charge in [-0.1, -0.05) is 19.6 Å². The van der Waals surface area contributed by atoms with E-state index >= 15 is 0 Å². The molecule has 1 aliphatic rings. The minimum absolute atomic E-state index is 0. The van der Waals surface area contributed by atoms with E-state index in [-0.39, 0.29) is 17.1 Å². The second kappa shape index (κ2) is 3.56. The van der Waals surface area contributed by atoms with Gasteiger partial charge < -0.3 is 0 Å². The third-order valence-electron chi connectivity index (χ3n) is 1.50. The normalized spacial score (nSPS) is 16.5. The smallest absolute Gasteiger partial charge is 0.0393 e. The van der Waals surface area contributed by atoms with Crippen molar-refractivity contribution in [3.05, 3.63) is 23.4 Å². The molecule has 0 aromatic heterocycles. The van der Waals surface area contributed by atoms with Crippen molar-refractivity contribution in [3.8, 4) is 0 Å². The van der Waals surface area contributed by atoms with Gasteiger partial charge in [-0.25, -0.2) is 11.3 Å². The van der Waals surface area contributed by atoms with E-state index in [1.165, 1.54) is 5.20 Å². The molecule has 58 valence electrons. The molecule has 0 unspecified atom stereocenters. The van der Waals surface area contributed by atoms with E-state index in [2.05, 4.69) is 37.9 Å². The van der Waals surface area contributed by atoms with Gasteiger partial charge in [0, 0.05) is 25.1 Å². The van der Waals surface area contributed by atoms with Crippen LogP contribution in [0.2, 0.25) is 19.6 Å². The van der Waals surface area contributed by atoms with Gasteiger partial charge in [0.05, 0.1) is 0 Å². The summed E-state index contributed by atoms with van der Waals surface area (Å²) in [6.07, 6.45) is 8.82. The Labute approximate surface area is 74.9 Å². The molecule has 0 atom stereocenters. The monoisotopic (exact) mass is 193 g/mol. The SMILES string of the molecule is C[Si](C)(C)C1=[C-]CC=C1.[Fe]. The molecule has 0 N–H and O–H groups in total. The van der Waals surface area contributed by atoms with Crippen LogP contribution >= 0.6 is 0 Å². The molecule has 0 nitrogen and oxygen atoms in total. The van der Waals surface area contributed by atoms with Gasteiger partial charge in [-0.2, -0.15) is 6.08 Å². The average Bonchev–Trinajstić information content (AvgIpc) is 2.08. The molecular weight excluding hydrogens is 180 g/mol. The Hall–Kier alpha value is 0.216. The maximum Gasteiger partial charge on any atom is 0.0393 e. The van der Waals surface area contributed by atoms with Gasteiger partial charge in [-0.15, -0.1) is 6.42 Å². The zero-order chi connectivity index (χ0) is 6.91. The molecule has 1 aliphatic carbocycles. The van der Waals surface area contributed by atoms with E-state index in [1.807, 2.05) is 0 Å². The zero-order valence-electron chi connectivity index (χ0n) is 6.72. The van der Waals surface area contributed by atoms with Crippen molar-refractivity contribution in [3.63, 3.8) is 0 Å². The minimum atomic E-state index is -1.01. The summed E-state index contributed by atoms with van der Waals surface area (Å²) in [6, 6.07) is 0. The summed E-state index contributed by atoms with van der Waals surface area (Å²) >= 11 is 0. The summed E-state index contributed by atoms with van der Waals surface area (Å²) in [5.74, 6) is 0. The Morgan fingerprint density at radius 3 is 2.20 bits per heavy atom. The van der Waals surface area contributed by atoms with Gasteiger partial charge in [-0.3, -0.25) is 6.08 Å². The molecular formula is C8H13FeSi-. The molecule has 0 saturated heterocycles. The molecule has 10 heavy (non-hydrogen) atoms. The van der Waals surface area contributed by atoms with E-state index in [1.54, 1.807) is 0 Å². The fraction of sp³-hybridized carbons (Fsp3) is 0.500. The Balaban J connectivity index is 0.000000810. The summed E-state index contributed by atoms with van der Waals surface area (Å²) in [5, 5.41) is 1.49. The first-order valence-electron chi connectivity index (χ1n) is 3.38. The first-order chi connectivity index (χ1) is 4.11. The summed E-state index contributed by atoms with van der Waals surface area (Å²) in [5.41, 5.74) is 0. The number of hydrogen-bond donors (Lipinski definition) is 0. The van der Waals surface area contributed by atoms with Gasteiger partial charge in [0.25, 0.3) is 0 Å². The van der Waals surface area contributed by atoms with Crippen LogP contribution in [-0.2, 0) is 17.1 Å². The molecule has 0 bridgehead atoms. The van der Waals surface area contributed by atoms with Gasteiger partial charge in [0.15, 0.2) is 0 Å². The third-order valence-corrected chi connectivity index (χ3v) is 3.46. The maximum atomic E-state index is 3.36. The van der Waals surface area contributed by atoms with Crippen LogP contribution in [0.4, 0.5) is 0 Å². The molecule has 1 rings (SSSR count). The van der Waals surface area contributed by atoms with Crippen molar-refractivity contribution in [2.45, 2.75) is 26.1 Å². The second-order valence-electron chi connectivity index (χ2n) is 3.45. The summed E-state index contributed by atoms with van der Waals surface area (Å²) < 4.78 is 0. The maximum absolute atomic E-state index is 3.36. The number of rotatable bonds is 1. The van der Waals surface area contributed by atoms with Crippen molar-refractivity contribution in [2.75, 3.05) is 0 Å². The van der Waals surface area contributed by atoms with Crippen molar-refractivity contribution in [1.29, 1.82) is 0 Å². The first-order valence-corrected chi connectivity index (χ1v) is 6.88. The summed E-state index contributed by atoms with van der Waals surface area (Å²) in [4.78, 5) is 0. The molecule has 0 saturated carbocycles. The molecule has 0 aliphatic heterocycles. The second-order valence-corrected chi connectivity index (χ2v) is 8.49. The number of hydrogen-bond acceptors (Lipinski definition) is 0. The summed E-state index contributed by atoms with van der Waals surface area (Å²) in [7, 11) is -1.01. The third kappa shape index (κ3) is 2.45. The topological polar surface area (TPSA) is 0 Å². The van der Waals surface area contributed by atoms with Gasteiger partial charge in [0.1, 0.15) is 0 Å². The van der Waals surface area contributed by atoms with E-state index in [0.717, 1.165) is 6.42 Å².